The van der Waals surface area contributed by atoms with Gasteiger partial charge in [0.25, 0.3) is 5.56 Å². The number of nitrogens with zero attached hydrogens (tertiary/aromatic N) is 4. The predicted molar refractivity (Wildman–Crippen MR) is 91.9 cm³/mol. The van der Waals surface area contributed by atoms with Crippen molar-refractivity contribution in [3.8, 4) is 11.5 Å². The Kier molecular flexibility index (Phi) is 3.55. The van der Waals surface area contributed by atoms with Crippen molar-refractivity contribution in [3.63, 3.8) is 0 Å². The quantitative estimate of drug-likeness (QED) is 0.627. The molecule has 0 spiro atoms. The second-order valence-electron chi connectivity index (χ2n) is 5.64. The van der Waals surface area contributed by atoms with Crippen LogP contribution in [0, 0.1) is 0 Å². The number of hydrogen-bond donors (Lipinski definition) is 0. The van der Waals surface area contributed by atoms with E-state index < -0.39 is 11.2 Å². The Labute approximate surface area is 150 Å². The molecule has 2 aromatic heterocycles. The highest BCUT2D eigenvalue weighted by Gasteiger charge is 2.21. The van der Waals surface area contributed by atoms with E-state index in [0.717, 1.165) is 4.57 Å². The summed E-state index contributed by atoms with van der Waals surface area (Å²) in [6.45, 7) is 0.324. The van der Waals surface area contributed by atoms with Gasteiger partial charge in [-0.3, -0.25) is 13.9 Å². The van der Waals surface area contributed by atoms with Crippen molar-refractivity contribution in [2.24, 2.45) is 14.1 Å². The predicted octanol–water partition coefficient (Wildman–Crippen LogP) is 1.52. The van der Waals surface area contributed by atoms with Gasteiger partial charge in [0, 0.05) is 25.2 Å². The number of aryl methyl sites for hydroxylation is 1. The summed E-state index contributed by atoms with van der Waals surface area (Å²) in [5.74, 6) is 1.13. The molecule has 0 radical (unpaired) electrons. The molecule has 4 rings (SSSR count). The van der Waals surface area contributed by atoms with E-state index in [1.807, 2.05) is 0 Å². The van der Waals surface area contributed by atoms with Gasteiger partial charge in [-0.1, -0.05) is 11.6 Å². The zero-order valence-corrected chi connectivity index (χ0v) is 14.8. The second kappa shape index (κ2) is 5.53. The monoisotopic (exact) mass is 382 g/mol. The van der Waals surface area contributed by atoms with E-state index in [1.165, 1.54) is 23.2 Å². The lowest BCUT2D eigenvalue weighted by molar-refractivity contribution is 0.174. The minimum atomic E-state index is -0.477. The van der Waals surface area contributed by atoms with Crippen molar-refractivity contribution < 1.29 is 9.47 Å². The van der Waals surface area contributed by atoms with Crippen LogP contribution >= 0.6 is 23.2 Å². The summed E-state index contributed by atoms with van der Waals surface area (Å²) in [5, 5.41) is 0.533. The SMILES string of the molecule is Cn1c(=O)c2c(nc(Cl)n2Cc2cc3c(cc2Cl)OCO3)n(C)c1=O. The van der Waals surface area contributed by atoms with Gasteiger partial charge in [0.2, 0.25) is 12.1 Å². The number of hydrogen-bond acceptors (Lipinski definition) is 5. The average Bonchev–Trinajstić information content (AvgIpc) is 3.16. The number of benzene rings is 1. The largest absolute Gasteiger partial charge is 0.454 e. The van der Waals surface area contributed by atoms with Gasteiger partial charge in [0.05, 0.1) is 6.54 Å². The molecular formula is C15H12Cl2N4O4. The van der Waals surface area contributed by atoms with Gasteiger partial charge in [-0.15, -0.1) is 0 Å². The van der Waals surface area contributed by atoms with E-state index >= 15 is 0 Å². The van der Waals surface area contributed by atoms with Crippen molar-refractivity contribution in [1.29, 1.82) is 0 Å². The molecule has 0 bridgehead atoms. The van der Waals surface area contributed by atoms with Crippen LogP contribution in [0.15, 0.2) is 21.7 Å². The summed E-state index contributed by atoms with van der Waals surface area (Å²) in [6.07, 6.45) is 0. The van der Waals surface area contributed by atoms with Crippen molar-refractivity contribution in [1.82, 2.24) is 18.7 Å². The first-order chi connectivity index (χ1) is 11.9. The smallest absolute Gasteiger partial charge is 0.332 e. The fourth-order valence-electron chi connectivity index (χ4n) is 2.81. The number of halogens is 2. The van der Waals surface area contributed by atoms with Gasteiger partial charge in [-0.2, -0.15) is 4.98 Å². The molecule has 0 saturated heterocycles. The Hall–Kier alpha value is -2.45. The molecule has 0 amide bonds. The maximum Gasteiger partial charge on any atom is 0.332 e. The average molecular weight is 383 g/mol. The summed E-state index contributed by atoms with van der Waals surface area (Å²) in [4.78, 5) is 28.7. The van der Waals surface area contributed by atoms with Gasteiger partial charge in [0.15, 0.2) is 22.7 Å². The van der Waals surface area contributed by atoms with E-state index in [1.54, 1.807) is 12.1 Å². The highest BCUT2D eigenvalue weighted by molar-refractivity contribution is 6.31. The Morgan fingerprint density at radius 2 is 1.80 bits per heavy atom. The number of ether oxygens (including phenoxy) is 2. The lowest BCUT2D eigenvalue weighted by Gasteiger charge is -2.10. The molecule has 10 heteroatoms. The Morgan fingerprint density at radius 1 is 1.12 bits per heavy atom. The van der Waals surface area contributed by atoms with Crippen molar-refractivity contribution in [3.05, 3.63) is 48.8 Å². The van der Waals surface area contributed by atoms with Crippen molar-refractivity contribution in [2.45, 2.75) is 6.54 Å². The number of rotatable bonds is 2. The fourth-order valence-corrected chi connectivity index (χ4v) is 3.25. The minimum absolute atomic E-state index is 0.0852. The number of imidazole rings is 1. The maximum atomic E-state index is 12.6. The maximum absolute atomic E-state index is 12.6. The molecule has 0 N–H and O–H groups in total. The highest BCUT2D eigenvalue weighted by atomic mass is 35.5. The third kappa shape index (κ3) is 2.32. The molecule has 8 nitrogen and oxygen atoms in total. The van der Waals surface area contributed by atoms with Crippen LogP contribution in [-0.2, 0) is 20.6 Å². The molecule has 0 aliphatic carbocycles. The van der Waals surface area contributed by atoms with Crippen LogP contribution in [0.5, 0.6) is 11.5 Å². The van der Waals surface area contributed by atoms with Crippen LogP contribution in [0.3, 0.4) is 0 Å². The summed E-state index contributed by atoms with van der Waals surface area (Å²) in [6, 6.07) is 3.39. The molecule has 3 heterocycles. The van der Waals surface area contributed by atoms with Crippen LogP contribution < -0.4 is 20.7 Å². The second-order valence-corrected chi connectivity index (χ2v) is 6.39. The minimum Gasteiger partial charge on any atom is -0.454 e. The lowest BCUT2D eigenvalue weighted by atomic mass is 10.2. The highest BCUT2D eigenvalue weighted by Crippen LogP contribution is 2.37. The van der Waals surface area contributed by atoms with Crippen LogP contribution in [0.2, 0.25) is 10.3 Å². The van der Waals surface area contributed by atoms with E-state index in [4.69, 9.17) is 32.7 Å². The molecule has 130 valence electrons. The molecule has 1 aliphatic rings. The first kappa shape index (κ1) is 16.0. The molecule has 3 aromatic rings. The van der Waals surface area contributed by atoms with Gasteiger partial charge < -0.3 is 14.0 Å². The van der Waals surface area contributed by atoms with Gasteiger partial charge in [-0.25, -0.2) is 4.79 Å². The van der Waals surface area contributed by atoms with Crippen LogP contribution in [0.1, 0.15) is 5.56 Å². The van der Waals surface area contributed by atoms with E-state index in [2.05, 4.69) is 4.98 Å². The van der Waals surface area contributed by atoms with E-state index in [9.17, 15) is 9.59 Å². The molecule has 0 atom stereocenters. The zero-order chi connectivity index (χ0) is 17.9. The topological polar surface area (TPSA) is 80.3 Å². The van der Waals surface area contributed by atoms with Crippen LogP contribution in [0.25, 0.3) is 11.2 Å². The molecule has 0 saturated carbocycles. The van der Waals surface area contributed by atoms with E-state index in [-0.39, 0.29) is 29.8 Å². The molecule has 1 aliphatic heterocycles. The van der Waals surface area contributed by atoms with Crippen LogP contribution in [0.4, 0.5) is 0 Å². The third-order valence-electron chi connectivity index (χ3n) is 4.17. The summed E-state index contributed by atoms with van der Waals surface area (Å²) in [5.41, 5.74) is 0.176. The lowest BCUT2D eigenvalue weighted by Crippen LogP contribution is -2.37. The normalized spacial score (nSPS) is 13.0. The first-order valence-corrected chi connectivity index (χ1v) is 8.04. The van der Waals surface area contributed by atoms with Gasteiger partial charge in [-0.05, 0) is 23.2 Å². The fraction of sp³-hybridized carbons (Fsp3) is 0.267. The van der Waals surface area contributed by atoms with Gasteiger partial charge in [0.1, 0.15) is 0 Å². The number of aromatic nitrogens is 4. The molecular weight excluding hydrogens is 371 g/mol. The van der Waals surface area contributed by atoms with E-state index in [0.29, 0.717) is 22.1 Å². The summed E-state index contributed by atoms with van der Waals surface area (Å²) < 4.78 is 14.4. The third-order valence-corrected chi connectivity index (χ3v) is 4.81. The van der Waals surface area contributed by atoms with Crippen molar-refractivity contribution in [2.75, 3.05) is 6.79 Å². The molecule has 0 fully saturated rings. The molecule has 1 aromatic carbocycles. The van der Waals surface area contributed by atoms with Crippen molar-refractivity contribution >= 4 is 34.4 Å². The standard InChI is InChI=1S/C15H12Cl2N4O4/c1-19-12-11(13(22)20(2)15(19)23)21(14(17)18-12)5-7-3-9-10(4-8(7)16)25-6-24-9/h3-4H,5-6H2,1-2H3. The Morgan fingerprint density at radius 3 is 2.52 bits per heavy atom. The van der Waals surface area contributed by atoms with Crippen LogP contribution in [-0.4, -0.2) is 25.5 Å². The number of fused-ring (bicyclic) bond motifs is 2. The molecule has 0 unspecified atom stereocenters. The summed E-state index contributed by atoms with van der Waals surface area (Å²) >= 11 is 12.5. The zero-order valence-electron chi connectivity index (χ0n) is 13.2. The Bertz CT molecular complexity index is 1150. The molecule has 25 heavy (non-hydrogen) atoms. The first-order valence-electron chi connectivity index (χ1n) is 7.28. The summed E-state index contributed by atoms with van der Waals surface area (Å²) in [7, 11) is 2.94. The van der Waals surface area contributed by atoms with Gasteiger partial charge >= 0.3 is 5.69 Å². The Balaban J connectivity index is 1.93.